The number of rotatable bonds is 8. The molecule has 1 heterocycles. The average molecular weight is 459 g/mol. The van der Waals surface area contributed by atoms with Gasteiger partial charge in [0.15, 0.2) is 5.78 Å². The van der Waals surface area contributed by atoms with E-state index in [9.17, 15) is 18.8 Å². The van der Waals surface area contributed by atoms with Crippen LogP contribution in [0.15, 0.2) is 58.1 Å². The van der Waals surface area contributed by atoms with Crippen LogP contribution in [0.2, 0.25) is 5.02 Å². The Hall–Kier alpha value is -3.23. The Morgan fingerprint density at radius 2 is 1.78 bits per heavy atom. The summed E-state index contributed by atoms with van der Waals surface area (Å²) in [5.74, 6) is -1.23. The zero-order chi connectivity index (χ0) is 23.4. The van der Waals surface area contributed by atoms with Gasteiger partial charge in [0.1, 0.15) is 17.2 Å². The van der Waals surface area contributed by atoms with Gasteiger partial charge in [0.25, 0.3) is 5.56 Å². The van der Waals surface area contributed by atoms with E-state index in [1.54, 1.807) is 20.0 Å². The van der Waals surface area contributed by atoms with Crippen molar-refractivity contribution in [2.45, 2.75) is 26.6 Å². The molecule has 32 heavy (non-hydrogen) atoms. The quantitative estimate of drug-likeness (QED) is 0.524. The second kappa shape index (κ2) is 9.93. The van der Waals surface area contributed by atoms with Gasteiger partial charge in [-0.2, -0.15) is 0 Å². The number of halogens is 2. The molecule has 0 unspecified atom stereocenters. The summed E-state index contributed by atoms with van der Waals surface area (Å²) in [4.78, 5) is 40.3. The summed E-state index contributed by atoms with van der Waals surface area (Å²) in [5, 5.41) is 0.244. The third kappa shape index (κ3) is 4.81. The molecule has 9 heteroatoms. The monoisotopic (exact) mass is 458 g/mol. The summed E-state index contributed by atoms with van der Waals surface area (Å²) in [6.07, 6.45) is 0. The molecule has 0 aliphatic heterocycles. The summed E-state index contributed by atoms with van der Waals surface area (Å²) >= 11 is 6.07. The lowest BCUT2D eigenvalue weighted by molar-refractivity contribution is 0.0940. The van der Waals surface area contributed by atoms with Gasteiger partial charge in [-0.25, -0.2) is 9.18 Å². The molecule has 168 valence electrons. The Labute approximate surface area is 189 Å². The number of Topliss-reactive ketones (excluding diaryl/α,β-unsaturated/α-hetero) is 1. The number of nitrogen functional groups attached to an aromatic ring is 1. The van der Waals surface area contributed by atoms with Crippen LogP contribution in [-0.4, -0.2) is 33.4 Å². The molecular formula is C23H24ClFN4O3. The van der Waals surface area contributed by atoms with E-state index in [0.717, 1.165) is 10.1 Å². The van der Waals surface area contributed by atoms with Crippen LogP contribution in [0.1, 0.15) is 28.4 Å². The van der Waals surface area contributed by atoms with Gasteiger partial charge in [0.05, 0.1) is 13.1 Å². The fraction of sp³-hybridized carbons (Fsp3) is 0.261. The third-order valence-corrected chi connectivity index (χ3v) is 5.50. The number of hydrogen-bond acceptors (Lipinski definition) is 5. The van der Waals surface area contributed by atoms with Gasteiger partial charge in [0.2, 0.25) is 0 Å². The zero-order valence-electron chi connectivity index (χ0n) is 17.8. The fourth-order valence-corrected chi connectivity index (χ4v) is 3.73. The molecule has 3 aromatic rings. The van der Waals surface area contributed by atoms with Gasteiger partial charge in [-0.3, -0.25) is 23.6 Å². The maximum atomic E-state index is 14.1. The molecule has 0 aliphatic carbocycles. The number of carbonyl (C=O) groups excluding carboxylic acids is 1. The number of hydrogen-bond donors (Lipinski definition) is 1. The van der Waals surface area contributed by atoms with Crippen molar-refractivity contribution in [1.82, 2.24) is 14.0 Å². The van der Waals surface area contributed by atoms with Gasteiger partial charge in [0, 0.05) is 23.7 Å². The first kappa shape index (κ1) is 23.4. The summed E-state index contributed by atoms with van der Waals surface area (Å²) < 4.78 is 16.3. The minimum Gasteiger partial charge on any atom is -0.384 e. The number of nitrogens with zero attached hydrogens (tertiary/aromatic N) is 3. The van der Waals surface area contributed by atoms with Crippen LogP contribution < -0.4 is 17.0 Å². The summed E-state index contributed by atoms with van der Waals surface area (Å²) in [6.45, 7) is 1.70. The van der Waals surface area contributed by atoms with Crippen molar-refractivity contribution in [3.63, 3.8) is 0 Å². The summed E-state index contributed by atoms with van der Waals surface area (Å²) in [7, 11) is 1.61. The zero-order valence-corrected chi connectivity index (χ0v) is 18.6. The fourth-order valence-electron chi connectivity index (χ4n) is 3.51. The number of carbonyl (C=O) groups is 1. The van der Waals surface area contributed by atoms with E-state index in [1.165, 1.54) is 21.6 Å². The summed E-state index contributed by atoms with van der Waals surface area (Å²) in [5.41, 5.74) is 5.64. The lowest BCUT2D eigenvalue weighted by atomic mass is 10.1. The van der Waals surface area contributed by atoms with Crippen molar-refractivity contribution in [2.75, 3.05) is 19.3 Å². The molecule has 0 atom stereocenters. The molecule has 2 aromatic carbocycles. The van der Waals surface area contributed by atoms with E-state index < -0.39 is 22.8 Å². The Bertz CT molecular complexity index is 1230. The number of benzene rings is 2. The number of nitrogens with two attached hydrogens (primary N) is 1. The largest absolute Gasteiger partial charge is 0.384 e. The highest BCUT2D eigenvalue weighted by atomic mass is 35.5. The second-order valence-electron chi connectivity index (χ2n) is 7.46. The minimum atomic E-state index is -0.735. The van der Waals surface area contributed by atoms with E-state index in [4.69, 9.17) is 17.3 Å². The average Bonchev–Trinajstić information content (AvgIpc) is 2.75. The molecule has 7 nitrogen and oxygen atoms in total. The Morgan fingerprint density at radius 1 is 1.09 bits per heavy atom. The van der Waals surface area contributed by atoms with Crippen molar-refractivity contribution in [3.8, 4) is 0 Å². The lowest BCUT2D eigenvalue weighted by Gasteiger charge is -2.19. The Morgan fingerprint density at radius 3 is 2.41 bits per heavy atom. The predicted molar refractivity (Wildman–Crippen MR) is 123 cm³/mol. The van der Waals surface area contributed by atoms with Crippen molar-refractivity contribution in [2.24, 2.45) is 0 Å². The van der Waals surface area contributed by atoms with Gasteiger partial charge in [-0.15, -0.1) is 0 Å². The van der Waals surface area contributed by atoms with Gasteiger partial charge in [-0.05, 0) is 31.7 Å². The maximum absolute atomic E-state index is 14.1. The molecule has 0 fully saturated rings. The number of likely N-dealkylation sites (N-methyl/N-ethyl adjacent to an activating group) is 1. The third-order valence-electron chi connectivity index (χ3n) is 5.15. The standard InChI is InChI=1S/C23H24ClFN4O3/c1-3-28-22(31)20(21(26)29(23(28)32)12-15-8-5-4-6-9-15)19(30)14-27(2)13-16-17(24)10-7-11-18(16)25/h4-11H,3,12-14,26H2,1-2H3. The highest BCUT2D eigenvalue weighted by Crippen LogP contribution is 2.20. The first-order valence-electron chi connectivity index (χ1n) is 10.1. The molecule has 2 N–H and O–H groups in total. The molecule has 0 bridgehead atoms. The van der Waals surface area contributed by atoms with Crippen molar-refractivity contribution in [3.05, 3.63) is 96.9 Å². The molecule has 0 radical (unpaired) electrons. The van der Waals surface area contributed by atoms with Gasteiger partial charge < -0.3 is 5.73 Å². The molecule has 0 spiro atoms. The van der Waals surface area contributed by atoms with E-state index in [2.05, 4.69) is 0 Å². The topological polar surface area (TPSA) is 90.3 Å². The highest BCUT2D eigenvalue weighted by Gasteiger charge is 2.24. The van der Waals surface area contributed by atoms with E-state index in [-0.39, 0.29) is 48.1 Å². The normalized spacial score (nSPS) is 11.2. The van der Waals surface area contributed by atoms with Crippen LogP contribution >= 0.6 is 11.6 Å². The van der Waals surface area contributed by atoms with Crippen LogP contribution in [0.4, 0.5) is 10.2 Å². The lowest BCUT2D eigenvalue weighted by Crippen LogP contribution is -2.45. The van der Waals surface area contributed by atoms with Crippen LogP contribution in [0.25, 0.3) is 0 Å². The smallest absolute Gasteiger partial charge is 0.332 e. The minimum absolute atomic E-state index is 0.0583. The Balaban J connectivity index is 1.95. The molecule has 0 aliphatic rings. The SMILES string of the molecule is CCn1c(=O)c(C(=O)CN(C)Cc2c(F)cccc2Cl)c(N)n(Cc2ccccc2)c1=O. The first-order chi connectivity index (χ1) is 15.2. The van der Waals surface area contributed by atoms with E-state index in [0.29, 0.717) is 0 Å². The maximum Gasteiger partial charge on any atom is 0.332 e. The second-order valence-corrected chi connectivity index (χ2v) is 7.87. The molecule has 1 aromatic heterocycles. The molecule has 0 saturated heterocycles. The van der Waals surface area contributed by atoms with Crippen molar-refractivity contribution >= 4 is 23.2 Å². The number of ketones is 1. The van der Waals surface area contributed by atoms with E-state index >= 15 is 0 Å². The molecule has 0 saturated carbocycles. The number of anilines is 1. The number of aromatic nitrogens is 2. The van der Waals surface area contributed by atoms with Crippen LogP contribution in [-0.2, 0) is 19.6 Å². The van der Waals surface area contributed by atoms with Crippen LogP contribution in [0.5, 0.6) is 0 Å². The van der Waals surface area contributed by atoms with Crippen molar-refractivity contribution in [1.29, 1.82) is 0 Å². The van der Waals surface area contributed by atoms with E-state index in [1.807, 2.05) is 30.3 Å². The van der Waals surface area contributed by atoms with Gasteiger partial charge >= 0.3 is 5.69 Å². The molecular weight excluding hydrogens is 435 g/mol. The summed E-state index contributed by atoms with van der Waals surface area (Å²) in [6, 6.07) is 13.5. The van der Waals surface area contributed by atoms with Gasteiger partial charge in [-0.1, -0.05) is 48.0 Å². The molecule has 3 rings (SSSR count). The molecule has 0 amide bonds. The van der Waals surface area contributed by atoms with Crippen LogP contribution in [0, 0.1) is 5.82 Å². The predicted octanol–water partition coefficient (Wildman–Crippen LogP) is 2.77. The Kier molecular flexibility index (Phi) is 7.27. The van der Waals surface area contributed by atoms with Crippen molar-refractivity contribution < 1.29 is 9.18 Å². The highest BCUT2D eigenvalue weighted by molar-refractivity contribution is 6.31. The van der Waals surface area contributed by atoms with Crippen LogP contribution in [0.3, 0.4) is 0 Å². The first-order valence-corrected chi connectivity index (χ1v) is 10.4.